The molecule has 0 radical (unpaired) electrons. The molecule has 2 heterocycles. The van der Waals surface area contributed by atoms with Gasteiger partial charge in [0.05, 0.1) is 11.4 Å². The first-order valence-corrected chi connectivity index (χ1v) is 18.6. The lowest BCUT2D eigenvalue weighted by Crippen LogP contribution is -1.99. The Kier molecular flexibility index (Phi) is 7.17. The highest BCUT2D eigenvalue weighted by Crippen LogP contribution is 2.41. The molecule has 11 aromatic rings. The number of benzene rings is 9. The van der Waals surface area contributed by atoms with Gasteiger partial charge in [-0.25, -0.2) is 9.97 Å². The number of furan rings is 1. The summed E-state index contributed by atoms with van der Waals surface area (Å²) in [5.74, 6) is 0.698. The zero-order chi connectivity index (χ0) is 36.3. The first kappa shape index (κ1) is 31.2. The van der Waals surface area contributed by atoms with Crippen LogP contribution in [0, 0.1) is 0 Å². The van der Waals surface area contributed by atoms with Crippen molar-refractivity contribution < 1.29 is 4.42 Å². The van der Waals surface area contributed by atoms with Crippen molar-refractivity contribution in [1.29, 1.82) is 0 Å². The summed E-state index contributed by atoms with van der Waals surface area (Å²) < 4.78 is 6.16. The number of hydrogen-bond acceptors (Lipinski definition) is 3. The lowest BCUT2D eigenvalue weighted by molar-refractivity contribution is 0.669. The molecule has 0 atom stereocenters. The number of nitrogens with zero attached hydrogens (tertiary/aromatic N) is 2. The minimum absolute atomic E-state index is 0.698. The number of fused-ring (bicyclic) bond motifs is 7. The Morgan fingerprint density at radius 1 is 0.309 bits per heavy atom. The van der Waals surface area contributed by atoms with E-state index < -0.39 is 0 Å². The largest absolute Gasteiger partial charge is 0.456 e. The first-order chi connectivity index (χ1) is 27.2. The molecule has 0 spiro atoms. The molecular formula is C52H32N2O. The van der Waals surface area contributed by atoms with Crippen molar-refractivity contribution in [2.24, 2.45) is 0 Å². The second kappa shape index (κ2) is 12.6. The summed E-state index contributed by atoms with van der Waals surface area (Å²) in [7, 11) is 0. The second-order valence-corrected chi connectivity index (χ2v) is 14.1. The molecule has 0 aliphatic carbocycles. The Bertz CT molecular complexity index is 3270. The molecule has 0 aliphatic rings. The average Bonchev–Trinajstić information content (AvgIpc) is 3.64. The van der Waals surface area contributed by atoms with Gasteiger partial charge in [-0.2, -0.15) is 0 Å². The van der Waals surface area contributed by atoms with Crippen LogP contribution in [-0.4, -0.2) is 9.97 Å². The topological polar surface area (TPSA) is 38.9 Å². The van der Waals surface area contributed by atoms with Crippen LogP contribution in [0.15, 0.2) is 199 Å². The molecule has 0 N–H and O–H groups in total. The summed E-state index contributed by atoms with van der Waals surface area (Å²) in [6, 6.07) is 68.6. The van der Waals surface area contributed by atoms with E-state index in [1.165, 1.54) is 16.2 Å². The van der Waals surface area contributed by atoms with Crippen LogP contribution in [0.2, 0.25) is 0 Å². The van der Waals surface area contributed by atoms with Crippen LogP contribution in [0.3, 0.4) is 0 Å². The molecule has 0 amide bonds. The molecule has 55 heavy (non-hydrogen) atoms. The molecular weight excluding hydrogens is 669 g/mol. The summed E-state index contributed by atoms with van der Waals surface area (Å²) >= 11 is 0. The summed E-state index contributed by atoms with van der Waals surface area (Å²) in [5, 5.41) is 9.26. The van der Waals surface area contributed by atoms with Crippen LogP contribution in [0.1, 0.15) is 0 Å². The van der Waals surface area contributed by atoms with Gasteiger partial charge >= 0.3 is 0 Å². The van der Waals surface area contributed by atoms with Crippen molar-refractivity contribution in [3.8, 4) is 56.2 Å². The molecule has 3 nitrogen and oxygen atoms in total. The van der Waals surface area contributed by atoms with E-state index >= 15 is 0 Å². The number of hydrogen-bond donors (Lipinski definition) is 0. The Morgan fingerprint density at radius 3 is 1.85 bits per heavy atom. The fraction of sp³-hybridized carbons (Fsp3) is 0. The van der Waals surface area contributed by atoms with E-state index in [1.54, 1.807) is 0 Å². The summed E-state index contributed by atoms with van der Waals surface area (Å²) in [6.07, 6.45) is 0. The first-order valence-electron chi connectivity index (χ1n) is 18.6. The maximum Gasteiger partial charge on any atom is 0.161 e. The minimum atomic E-state index is 0.698. The van der Waals surface area contributed by atoms with Gasteiger partial charge in [0.15, 0.2) is 5.82 Å². The van der Waals surface area contributed by atoms with Crippen molar-refractivity contribution in [1.82, 2.24) is 9.97 Å². The molecule has 0 saturated carbocycles. The van der Waals surface area contributed by atoms with Crippen LogP contribution >= 0.6 is 0 Å². The lowest BCUT2D eigenvalue weighted by Gasteiger charge is -2.16. The van der Waals surface area contributed by atoms with E-state index in [1.807, 2.05) is 12.1 Å². The average molecular weight is 701 g/mol. The Hall–Kier alpha value is -7.36. The van der Waals surface area contributed by atoms with Crippen LogP contribution in [0.25, 0.3) is 110 Å². The van der Waals surface area contributed by atoms with E-state index in [0.717, 1.165) is 88.4 Å². The smallest absolute Gasteiger partial charge is 0.161 e. The summed E-state index contributed by atoms with van der Waals surface area (Å²) in [6.45, 7) is 0. The normalized spacial score (nSPS) is 11.6. The fourth-order valence-corrected chi connectivity index (χ4v) is 8.25. The molecule has 11 rings (SSSR count). The summed E-state index contributed by atoms with van der Waals surface area (Å²) in [4.78, 5) is 11.0. The third-order valence-corrected chi connectivity index (χ3v) is 10.9. The van der Waals surface area contributed by atoms with Gasteiger partial charge in [0.1, 0.15) is 11.2 Å². The monoisotopic (exact) mass is 700 g/mol. The van der Waals surface area contributed by atoms with Gasteiger partial charge in [0.25, 0.3) is 0 Å². The van der Waals surface area contributed by atoms with Crippen LogP contribution in [0.4, 0.5) is 0 Å². The quantitative estimate of drug-likeness (QED) is 0.133. The Labute approximate surface area is 317 Å². The molecule has 0 saturated heterocycles. The number of para-hydroxylation sites is 1. The van der Waals surface area contributed by atoms with E-state index in [2.05, 4.69) is 182 Å². The molecule has 3 heteroatoms. The van der Waals surface area contributed by atoms with Crippen molar-refractivity contribution in [2.75, 3.05) is 0 Å². The highest BCUT2D eigenvalue weighted by atomic mass is 16.3. The predicted octanol–water partition coefficient (Wildman–Crippen LogP) is 14.2. The molecule has 0 aliphatic heterocycles. The zero-order valence-corrected chi connectivity index (χ0v) is 29.8. The molecule has 9 aromatic carbocycles. The van der Waals surface area contributed by atoms with Crippen molar-refractivity contribution in [3.63, 3.8) is 0 Å². The highest BCUT2D eigenvalue weighted by molar-refractivity contribution is 6.19. The molecule has 256 valence electrons. The standard InChI is InChI=1S/C52H32N2O/c1-2-13-33(14-3-1)39-19-8-9-22-42(39)48-32-47(38-18-12-17-35(29-38)36-26-28-50-46(30-36)43-23-10-11-24-49(43)55-50)53-52(54-48)51-41-21-7-5-16-37(41)31-45-40-20-6-4-15-34(40)25-27-44(45)51/h1-32H. The maximum absolute atomic E-state index is 6.16. The summed E-state index contributed by atoms with van der Waals surface area (Å²) in [5.41, 5.74) is 11.1. The molecule has 0 unspecified atom stereocenters. The Balaban J connectivity index is 1.17. The van der Waals surface area contributed by atoms with E-state index in [0.29, 0.717) is 5.82 Å². The van der Waals surface area contributed by atoms with Crippen molar-refractivity contribution >= 4 is 54.3 Å². The highest BCUT2D eigenvalue weighted by Gasteiger charge is 2.19. The van der Waals surface area contributed by atoms with Gasteiger partial charge in [0.2, 0.25) is 0 Å². The van der Waals surface area contributed by atoms with E-state index in [4.69, 9.17) is 14.4 Å². The molecule has 2 aromatic heterocycles. The van der Waals surface area contributed by atoms with Gasteiger partial charge in [-0.05, 0) is 91.0 Å². The van der Waals surface area contributed by atoms with Crippen molar-refractivity contribution in [2.45, 2.75) is 0 Å². The third-order valence-electron chi connectivity index (χ3n) is 10.9. The van der Waals surface area contributed by atoms with Crippen molar-refractivity contribution in [3.05, 3.63) is 194 Å². The van der Waals surface area contributed by atoms with Gasteiger partial charge in [0, 0.05) is 27.5 Å². The fourth-order valence-electron chi connectivity index (χ4n) is 8.25. The van der Waals surface area contributed by atoms with Crippen LogP contribution in [0.5, 0.6) is 0 Å². The van der Waals surface area contributed by atoms with Gasteiger partial charge in [-0.3, -0.25) is 0 Å². The SMILES string of the molecule is c1ccc(-c2ccccc2-c2cc(-c3cccc(-c4ccc5oc6ccccc6c5c4)c3)nc(-c3c4ccccc4cc4c3ccc3ccccc34)n2)cc1. The number of rotatable bonds is 5. The van der Waals surface area contributed by atoms with E-state index in [9.17, 15) is 0 Å². The van der Waals surface area contributed by atoms with Gasteiger partial charge < -0.3 is 4.42 Å². The Morgan fingerprint density at radius 2 is 0.964 bits per heavy atom. The van der Waals surface area contributed by atoms with Gasteiger partial charge in [-0.15, -0.1) is 0 Å². The molecule has 0 fully saturated rings. The zero-order valence-electron chi connectivity index (χ0n) is 29.8. The van der Waals surface area contributed by atoms with Crippen LogP contribution < -0.4 is 0 Å². The van der Waals surface area contributed by atoms with Crippen LogP contribution in [-0.2, 0) is 0 Å². The minimum Gasteiger partial charge on any atom is -0.456 e. The third kappa shape index (κ3) is 5.28. The van der Waals surface area contributed by atoms with E-state index in [-0.39, 0.29) is 0 Å². The predicted molar refractivity (Wildman–Crippen MR) is 229 cm³/mol. The maximum atomic E-state index is 6.16. The number of aromatic nitrogens is 2. The second-order valence-electron chi connectivity index (χ2n) is 14.1. The van der Waals surface area contributed by atoms with Gasteiger partial charge in [-0.1, -0.05) is 158 Å². The molecule has 0 bridgehead atoms. The lowest BCUT2D eigenvalue weighted by atomic mass is 9.92.